The van der Waals surface area contributed by atoms with Crippen LogP contribution in [0.5, 0.6) is 0 Å². The van der Waals surface area contributed by atoms with Crippen LogP contribution in [0.4, 0.5) is 14.9 Å². The number of benzene rings is 1. The number of nitrogens with one attached hydrogen (secondary N) is 3. The number of alkyl carbamates (subject to hydrolysis) is 1. The van der Waals surface area contributed by atoms with Crippen LogP contribution in [-0.2, 0) is 16.0 Å². The Bertz CT molecular complexity index is 853. The summed E-state index contributed by atoms with van der Waals surface area (Å²) >= 11 is 0. The lowest BCUT2D eigenvalue weighted by molar-refractivity contribution is -0.122. The average Bonchev–Trinajstić information content (AvgIpc) is 3.37. The van der Waals surface area contributed by atoms with Gasteiger partial charge in [0.05, 0.1) is 5.54 Å². The van der Waals surface area contributed by atoms with Crippen molar-refractivity contribution >= 4 is 17.7 Å². The molecule has 1 saturated carbocycles. The van der Waals surface area contributed by atoms with Crippen molar-refractivity contribution in [3.63, 3.8) is 0 Å². The quantitative estimate of drug-likeness (QED) is 0.686. The number of piperidine rings is 1. The Morgan fingerprint density at radius 1 is 1.29 bits per heavy atom. The smallest absolute Gasteiger partial charge is 0.407 e. The molecular formula is C23H31FN4O3. The number of halogens is 1. The number of likely N-dealkylation sites (tertiary alicyclic amines) is 1. The van der Waals surface area contributed by atoms with Gasteiger partial charge in [-0.15, -0.1) is 0 Å². The zero-order valence-corrected chi connectivity index (χ0v) is 18.0. The molecule has 1 aliphatic carbocycles. The molecule has 3 heterocycles. The van der Waals surface area contributed by atoms with E-state index in [0.29, 0.717) is 24.6 Å². The second-order valence-electron chi connectivity index (χ2n) is 9.66. The molecule has 3 fully saturated rings. The van der Waals surface area contributed by atoms with Crippen LogP contribution in [0.25, 0.3) is 0 Å². The van der Waals surface area contributed by atoms with E-state index in [0.717, 1.165) is 62.9 Å². The van der Waals surface area contributed by atoms with Crippen molar-refractivity contribution in [3.8, 4) is 0 Å². The predicted molar refractivity (Wildman–Crippen MR) is 114 cm³/mol. The van der Waals surface area contributed by atoms with E-state index in [2.05, 4.69) is 20.9 Å². The van der Waals surface area contributed by atoms with Crippen LogP contribution >= 0.6 is 0 Å². The highest BCUT2D eigenvalue weighted by molar-refractivity contribution is 5.88. The molecule has 0 aromatic heterocycles. The van der Waals surface area contributed by atoms with Crippen LogP contribution < -0.4 is 16.0 Å². The van der Waals surface area contributed by atoms with Crippen LogP contribution in [0.1, 0.15) is 49.7 Å². The first-order valence-corrected chi connectivity index (χ1v) is 11.5. The third kappa shape index (κ3) is 3.97. The molecule has 2 amide bonds. The van der Waals surface area contributed by atoms with E-state index in [1.165, 1.54) is 6.07 Å². The molecule has 3 aliphatic heterocycles. The van der Waals surface area contributed by atoms with Gasteiger partial charge in [-0.1, -0.05) is 6.07 Å². The first-order valence-electron chi connectivity index (χ1n) is 11.5. The Balaban J connectivity index is 1.15. The number of cyclic esters (lactones) is 1. The normalized spacial score (nSPS) is 29.7. The summed E-state index contributed by atoms with van der Waals surface area (Å²) in [6, 6.07) is 3.41. The highest BCUT2D eigenvalue weighted by Gasteiger charge is 2.43. The number of rotatable bonds is 3. The lowest BCUT2D eigenvalue weighted by Gasteiger charge is -2.44. The number of fused-ring (bicyclic) bond motifs is 1. The number of carbonyl (C=O) groups excluding carboxylic acids is 2. The number of nitrogens with zero attached hydrogens (tertiary/aromatic N) is 1. The van der Waals surface area contributed by atoms with Crippen molar-refractivity contribution in [2.24, 2.45) is 0 Å². The van der Waals surface area contributed by atoms with Crippen LogP contribution in [-0.4, -0.2) is 60.3 Å². The number of amides is 2. The molecule has 3 atom stereocenters. The molecular weight excluding hydrogens is 399 g/mol. The van der Waals surface area contributed by atoms with Gasteiger partial charge in [0.15, 0.2) is 0 Å². The highest BCUT2D eigenvalue weighted by Crippen LogP contribution is 2.33. The van der Waals surface area contributed by atoms with E-state index in [-0.39, 0.29) is 29.4 Å². The zero-order valence-electron chi connectivity index (χ0n) is 18.0. The summed E-state index contributed by atoms with van der Waals surface area (Å²) in [4.78, 5) is 26.9. The molecule has 168 valence electrons. The van der Waals surface area contributed by atoms with Crippen LogP contribution in [0.3, 0.4) is 0 Å². The maximum absolute atomic E-state index is 14.1. The number of aryl methyl sites for hydroxylation is 1. The topological polar surface area (TPSA) is 82.7 Å². The number of ether oxygens (including phenoxy) is 1. The van der Waals surface area contributed by atoms with Crippen LogP contribution in [0.2, 0.25) is 0 Å². The number of carbonyl (C=O) groups is 2. The molecule has 8 heteroatoms. The maximum atomic E-state index is 14.1. The van der Waals surface area contributed by atoms with E-state index in [9.17, 15) is 14.0 Å². The van der Waals surface area contributed by atoms with Gasteiger partial charge in [-0.25, -0.2) is 9.18 Å². The monoisotopic (exact) mass is 430 g/mol. The molecule has 4 aliphatic rings. The van der Waals surface area contributed by atoms with Crippen LogP contribution in [0.15, 0.2) is 12.1 Å². The van der Waals surface area contributed by atoms with E-state index in [1.54, 1.807) is 6.07 Å². The Morgan fingerprint density at radius 2 is 2.10 bits per heavy atom. The summed E-state index contributed by atoms with van der Waals surface area (Å²) in [5, 5.41) is 9.46. The maximum Gasteiger partial charge on any atom is 0.407 e. The van der Waals surface area contributed by atoms with Crippen molar-refractivity contribution in [2.75, 3.05) is 25.0 Å². The van der Waals surface area contributed by atoms with Crippen molar-refractivity contribution in [3.05, 3.63) is 29.1 Å². The van der Waals surface area contributed by atoms with E-state index in [1.807, 2.05) is 6.92 Å². The van der Waals surface area contributed by atoms with Crippen LogP contribution in [0, 0.1) is 12.7 Å². The summed E-state index contributed by atoms with van der Waals surface area (Å²) in [6.45, 7) is 4.28. The van der Waals surface area contributed by atoms with Crippen molar-refractivity contribution in [1.29, 1.82) is 0 Å². The fourth-order valence-corrected chi connectivity index (χ4v) is 5.74. The Kier molecular flexibility index (Phi) is 5.28. The van der Waals surface area contributed by atoms with Gasteiger partial charge in [0.1, 0.15) is 18.5 Å². The molecule has 3 N–H and O–H groups in total. The lowest BCUT2D eigenvalue weighted by Crippen LogP contribution is -2.56. The van der Waals surface area contributed by atoms with Gasteiger partial charge < -0.3 is 25.6 Å². The fraction of sp³-hybridized carbons (Fsp3) is 0.652. The minimum Gasteiger partial charge on any atom is -0.447 e. The van der Waals surface area contributed by atoms with E-state index >= 15 is 0 Å². The molecule has 5 rings (SSSR count). The second-order valence-corrected chi connectivity index (χ2v) is 9.66. The minimum absolute atomic E-state index is 0.0379. The third-order valence-electron chi connectivity index (χ3n) is 7.62. The molecule has 1 aromatic carbocycles. The molecule has 1 aromatic rings. The number of hydrogen-bond acceptors (Lipinski definition) is 5. The van der Waals surface area contributed by atoms with Gasteiger partial charge in [0.25, 0.3) is 0 Å². The Morgan fingerprint density at radius 3 is 2.81 bits per heavy atom. The molecule has 1 unspecified atom stereocenters. The summed E-state index contributed by atoms with van der Waals surface area (Å²) in [5.41, 5.74) is 2.17. The first kappa shape index (κ1) is 20.5. The third-order valence-corrected chi connectivity index (χ3v) is 7.62. The minimum atomic E-state index is -0.410. The molecule has 31 heavy (non-hydrogen) atoms. The molecule has 0 radical (unpaired) electrons. The van der Waals surface area contributed by atoms with Gasteiger partial charge >= 0.3 is 6.09 Å². The van der Waals surface area contributed by atoms with Gasteiger partial charge in [0, 0.05) is 42.8 Å². The van der Waals surface area contributed by atoms with E-state index in [4.69, 9.17) is 4.74 Å². The van der Waals surface area contributed by atoms with E-state index < -0.39 is 6.04 Å². The lowest BCUT2D eigenvalue weighted by atomic mass is 9.84. The highest BCUT2D eigenvalue weighted by atomic mass is 19.1. The molecule has 2 saturated heterocycles. The van der Waals surface area contributed by atoms with Gasteiger partial charge in [-0.2, -0.15) is 0 Å². The summed E-state index contributed by atoms with van der Waals surface area (Å²) < 4.78 is 19.3. The predicted octanol–water partition coefficient (Wildman–Crippen LogP) is 2.47. The summed E-state index contributed by atoms with van der Waals surface area (Å²) in [5.74, 6) is -0.281. The Hall–Kier alpha value is -2.35. The van der Waals surface area contributed by atoms with Gasteiger partial charge in [-0.3, -0.25) is 4.79 Å². The zero-order chi connectivity index (χ0) is 21.6. The van der Waals surface area contributed by atoms with Gasteiger partial charge in [0.2, 0.25) is 5.91 Å². The molecule has 0 bridgehead atoms. The fourth-order valence-electron chi connectivity index (χ4n) is 5.74. The summed E-state index contributed by atoms with van der Waals surface area (Å²) in [7, 11) is 0. The first-order chi connectivity index (χ1) is 14.9. The second kappa shape index (κ2) is 7.97. The standard InChI is InChI=1S/C23H31FN4O3/c1-14-5-6-18(24)17-12-19(26-20(14)17)21(29)25-15-3-2-4-16(11-15)28-9-7-23(8-10-28)13-31-22(30)27-23/h5-6,15-16,19,26H,2-4,7-13H2,1H3,(H,25,29)(H,27,30)/t15-,16-,19?/m1/s1. The SMILES string of the molecule is Cc1ccc(F)c2c1NC(C(=O)N[C@@H]1CCC[C@@H](N3CCC4(CC3)COC(=O)N4)C1)C2. The van der Waals surface area contributed by atoms with Gasteiger partial charge in [-0.05, 0) is 57.1 Å². The van der Waals surface area contributed by atoms with Crippen molar-refractivity contribution in [1.82, 2.24) is 15.5 Å². The average molecular weight is 431 g/mol. The summed E-state index contributed by atoms with van der Waals surface area (Å²) in [6.07, 6.45) is 6.05. The number of anilines is 1. The van der Waals surface area contributed by atoms with Crippen molar-refractivity contribution in [2.45, 2.75) is 75.5 Å². The van der Waals surface area contributed by atoms with Crippen molar-refractivity contribution < 1.29 is 18.7 Å². The number of hydrogen-bond donors (Lipinski definition) is 3. The largest absolute Gasteiger partial charge is 0.447 e. The Labute approximate surface area is 182 Å². The molecule has 7 nitrogen and oxygen atoms in total. The molecule has 1 spiro atoms.